The molecule has 1 aliphatic carbocycles. The summed E-state index contributed by atoms with van der Waals surface area (Å²) >= 11 is 0. The minimum atomic E-state index is -3.68. The van der Waals surface area contributed by atoms with E-state index in [-0.39, 0.29) is 29.9 Å². The summed E-state index contributed by atoms with van der Waals surface area (Å²) in [4.78, 5) is 16.7. The van der Waals surface area contributed by atoms with Crippen LogP contribution in [0.4, 0.5) is 20.3 Å². The molecular weight excluding hydrogens is 420 g/mol. The summed E-state index contributed by atoms with van der Waals surface area (Å²) in [5.41, 5.74) is 2.75. The SMILES string of the molecule is Cc1cc(-n2nc(Nc3ccc4c(c3)OC(F)(F)O4)cc2CC(=O)NC2CCC2)ccn1. The topological polar surface area (TPSA) is 90.3 Å². The lowest BCUT2D eigenvalue weighted by atomic mass is 9.93. The Morgan fingerprint density at radius 1 is 1.19 bits per heavy atom. The van der Waals surface area contributed by atoms with Crippen molar-refractivity contribution in [3.63, 3.8) is 0 Å². The maximum atomic E-state index is 13.3. The van der Waals surface area contributed by atoms with Crippen LogP contribution < -0.4 is 20.1 Å². The minimum absolute atomic E-state index is 0.0355. The fourth-order valence-electron chi connectivity index (χ4n) is 3.66. The second kappa shape index (κ2) is 7.77. The number of nitrogens with zero attached hydrogens (tertiary/aromatic N) is 3. The highest BCUT2D eigenvalue weighted by atomic mass is 19.3. The third kappa shape index (κ3) is 4.20. The van der Waals surface area contributed by atoms with Gasteiger partial charge in [0.15, 0.2) is 17.3 Å². The standard InChI is InChI=1S/C22H21F2N5O3/c1-13-9-16(7-8-25-13)29-17(12-21(30)27-14-3-2-4-14)11-20(28-29)26-15-5-6-18-19(10-15)32-22(23,24)31-18/h5-11,14H,2-4,12H2,1H3,(H,26,28)(H,27,30). The van der Waals surface area contributed by atoms with E-state index in [1.54, 1.807) is 29.1 Å². The Morgan fingerprint density at radius 2 is 2.00 bits per heavy atom. The molecule has 1 amide bonds. The highest BCUT2D eigenvalue weighted by Crippen LogP contribution is 2.42. The smallest absolute Gasteiger partial charge is 0.395 e. The Labute approximate surface area is 182 Å². The summed E-state index contributed by atoms with van der Waals surface area (Å²) in [5.74, 6) is 0.283. The molecule has 0 spiro atoms. The van der Waals surface area contributed by atoms with Crippen molar-refractivity contribution in [2.75, 3.05) is 5.32 Å². The Bertz CT molecular complexity index is 1180. The number of hydrogen-bond acceptors (Lipinski definition) is 6. The molecule has 1 aromatic carbocycles. The quantitative estimate of drug-likeness (QED) is 0.604. The maximum Gasteiger partial charge on any atom is 0.586 e. The highest BCUT2D eigenvalue weighted by molar-refractivity contribution is 5.79. The maximum absolute atomic E-state index is 13.3. The Hall–Kier alpha value is -3.69. The number of rotatable bonds is 6. The molecule has 166 valence electrons. The summed E-state index contributed by atoms with van der Waals surface area (Å²) in [7, 11) is 0. The molecule has 0 saturated heterocycles. The summed E-state index contributed by atoms with van der Waals surface area (Å²) < 4.78 is 37.2. The van der Waals surface area contributed by atoms with Crippen LogP contribution in [0.1, 0.15) is 30.7 Å². The van der Waals surface area contributed by atoms with Gasteiger partial charge in [-0.25, -0.2) is 4.68 Å². The first kappa shape index (κ1) is 20.2. The second-order valence-electron chi connectivity index (χ2n) is 7.91. The first-order valence-electron chi connectivity index (χ1n) is 10.3. The largest absolute Gasteiger partial charge is 0.586 e. The molecule has 1 fully saturated rings. The number of halogens is 2. The van der Waals surface area contributed by atoms with E-state index in [1.165, 1.54) is 12.1 Å². The van der Waals surface area contributed by atoms with Gasteiger partial charge in [0.25, 0.3) is 0 Å². The second-order valence-corrected chi connectivity index (χ2v) is 7.91. The van der Waals surface area contributed by atoms with Crippen LogP contribution in [0.5, 0.6) is 11.5 Å². The van der Waals surface area contributed by atoms with Crippen molar-refractivity contribution >= 4 is 17.4 Å². The zero-order valence-corrected chi connectivity index (χ0v) is 17.3. The number of carbonyl (C=O) groups excluding carboxylic acids is 1. The van der Waals surface area contributed by atoms with Gasteiger partial charge in [0.2, 0.25) is 5.91 Å². The van der Waals surface area contributed by atoms with Crippen LogP contribution >= 0.6 is 0 Å². The molecule has 3 aromatic rings. The van der Waals surface area contributed by atoms with Crippen molar-refractivity contribution in [1.29, 1.82) is 0 Å². The lowest BCUT2D eigenvalue weighted by molar-refractivity contribution is -0.286. The van der Waals surface area contributed by atoms with E-state index in [9.17, 15) is 13.6 Å². The van der Waals surface area contributed by atoms with E-state index in [1.807, 2.05) is 13.0 Å². The van der Waals surface area contributed by atoms with Crippen molar-refractivity contribution in [1.82, 2.24) is 20.1 Å². The summed E-state index contributed by atoms with van der Waals surface area (Å²) in [6, 6.07) is 10.1. The van der Waals surface area contributed by atoms with Gasteiger partial charge in [-0.3, -0.25) is 9.78 Å². The number of benzene rings is 1. The summed E-state index contributed by atoms with van der Waals surface area (Å²) in [6.07, 6.45) is 1.29. The lowest BCUT2D eigenvalue weighted by Crippen LogP contribution is -2.40. The average Bonchev–Trinajstić information content (AvgIpc) is 3.23. The monoisotopic (exact) mass is 441 g/mol. The molecule has 3 heterocycles. The first-order chi connectivity index (χ1) is 15.3. The van der Waals surface area contributed by atoms with Crippen molar-refractivity contribution in [3.05, 3.63) is 54.0 Å². The number of carbonyl (C=O) groups is 1. The number of nitrogens with one attached hydrogen (secondary N) is 2. The van der Waals surface area contributed by atoms with Crippen LogP contribution in [0, 0.1) is 6.92 Å². The number of ether oxygens (including phenoxy) is 2. The Balaban J connectivity index is 1.41. The van der Waals surface area contributed by atoms with Crippen LogP contribution in [0.2, 0.25) is 0 Å². The molecule has 0 atom stereocenters. The van der Waals surface area contributed by atoms with Gasteiger partial charge in [0, 0.05) is 35.8 Å². The first-order valence-corrected chi connectivity index (χ1v) is 10.3. The molecule has 10 heteroatoms. The van der Waals surface area contributed by atoms with Gasteiger partial charge in [0.1, 0.15) is 0 Å². The predicted molar refractivity (Wildman–Crippen MR) is 112 cm³/mol. The van der Waals surface area contributed by atoms with Crippen LogP contribution in [-0.4, -0.2) is 33.0 Å². The minimum Gasteiger partial charge on any atom is -0.395 e. The van der Waals surface area contributed by atoms with Crippen molar-refractivity contribution < 1.29 is 23.0 Å². The van der Waals surface area contributed by atoms with E-state index in [0.717, 1.165) is 30.6 Å². The van der Waals surface area contributed by atoms with Crippen molar-refractivity contribution in [2.45, 2.75) is 44.9 Å². The zero-order chi connectivity index (χ0) is 22.3. The van der Waals surface area contributed by atoms with E-state index in [0.29, 0.717) is 17.2 Å². The molecule has 2 aliphatic rings. The normalized spacial score (nSPS) is 16.5. The molecule has 0 radical (unpaired) electrons. The van der Waals surface area contributed by atoms with Crippen LogP contribution in [-0.2, 0) is 11.2 Å². The van der Waals surface area contributed by atoms with Gasteiger partial charge in [-0.05, 0) is 50.5 Å². The predicted octanol–water partition coefficient (Wildman–Crippen LogP) is 3.85. The number of amides is 1. The van der Waals surface area contributed by atoms with E-state index < -0.39 is 6.29 Å². The van der Waals surface area contributed by atoms with Crippen LogP contribution in [0.3, 0.4) is 0 Å². The van der Waals surface area contributed by atoms with Gasteiger partial charge in [-0.15, -0.1) is 13.9 Å². The Morgan fingerprint density at radius 3 is 2.75 bits per heavy atom. The van der Waals surface area contributed by atoms with Gasteiger partial charge < -0.3 is 20.1 Å². The summed E-state index contributed by atoms with van der Waals surface area (Å²) in [5, 5.41) is 10.7. The molecule has 1 saturated carbocycles. The van der Waals surface area contributed by atoms with Crippen molar-refractivity contribution in [3.8, 4) is 17.2 Å². The Kier molecular flexibility index (Phi) is 4.91. The number of aromatic nitrogens is 3. The highest BCUT2D eigenvalue weighted by Gasteiger charge is 2.43. The van der Waals surface area contributed by atoms with E-state index >= 15 is 0 Å². The van der Waals surface area contributed by atoms with E-state index in [2.05, 4.69) is 30.2 Å². The molecule has 2 aromatic heterocycles. The number of anilines is 2. The number of hydrogen-bond donors (Lipinski definition) is 2. The zero-order valence-electron chi connectivity index (χ0n) is 17.3. The van der Waals surface area contributed by atoms with E-state index in [4.69, 9.17) is 0 Å². The molecule has 32 heavy (non-hydrogen) atoms. The van der Waals surface area contributed by atoms with Gasteiger partial charge in [-0.2, -0.15) is 0 Å². The van der Waals surface area contributed by atoms with Crippen LogP contribution in [0.25, 0.3) is 5.69 Å². The van der Waals surface area contributed by atoms with Gasteiger partial charge in [-0.1, -0.05) is 0 Å². The molecule has 8 nitrogen and oxygen atoms in total. The van der Waals surface area contributed by atoms with Gasteiger partial charge >= 0.3 is 6.29 Å². The molecule has 0 bridgehead atoms. The molecule has 5 rings (SSSR count). The van der Waals surface area contributed by atoms with Gasteiger partial charge in [0.05, 0.1) is 17.8 Å². The van der Waals surface area contributed by atoms with Crippen LogP contribution in [0.15, 0.2) is 42.6 Å². The number of aryl methyl sites for hydroxylation is 1. The molecule has 2 N–H and O–H groups in total. The molecule has 0 unspecified atom stereocenters. The van der Waals surface area contributed by atoms with Crippen molar-refractivity contribution in [2.24, 2.45) is 0 Å². The molecule has 1 aliphatic heterocycles. The summed E-state index contributed by atoms with van der Waals surface area (Å²) in [6.45, 7) is 1.87. The number of pyridine rings is 1. The third-order valence-corrected chi connectivity index (χ3v) is 5.39. The fourth-order valence-corrected chi connectivity index (χ4v) is 3.66. The number of alkyl halides is 2. The third-order valence-electron chi connectivity index (χ3n) is 5.39. The average molecular weight is 441 g/mol. The lowest BCUT2D eigenvalue weighted by Gasteiger charge is -2.26. The molecular formula is C22H21F2N5O3. The fraction of sp³-hybridized carbons (Fsp3) is 0.318. The number of fused-ring (bicyclic) bond motifs is 1.